The first-order valence-electron chi connectivity index (χ1n) is 7.10. The third-order valence-electron chi connectivity index (χ3n) is 3.49. The standard InChI is InChI=1S/C17H15F3N2O/c1-16(2)10-23-15(22-16)13-7-12(11-3-5-21-6-4-11)8-14(9-13)17(18,19)20/h3-9H,10H2,1-2H3. The minimum Gasteiger partial charge on any atom is -0.475 e. The number of aromatic nitrogens is 1. The number of halogens is 3. The van der Waals surface area contributed by atoms with Crippen LogP contribution in [0.1, 0.15) is 25.0 Å². The van der Waals surface area contributed by atoms with Crippen molar-refractivity contribution in [2.24, 2.45) is 4.99 Å². The van der Waals surface area contributed by atoms with E-state index in [0.29, 0.717) is 23.3 Å². The zero-order valence-electron chi connectivity index (χ0n) is 12.7. The molecule has 3 nitrogen and oxygen atoms in total. The van der Waals surface area contributed by atoms with Crippen LogP contribution in [0.2, 0.25) is 0 Å². The van der Waals surface area contributed by atoms with E-state index >= 15 is 0 Å². The highest BCUT2D eigenvalue weighted by Crippen LogP contribution is 2.34. The van der Waals surface area contributed by atoms with E-state index in [9.17, 15) is 13.2 Å². The largest absolute Gasteiger partial charge is 0.475 e. The van der Waals surface area contributed by atoms with Crippen LogP contribution < -0.4 is 0 Å². The minimum atomic E-state index is -4.44. The summed E-state index contributed by atoms with van der Waals surface area (Å²) in [5, 5.41) is 0. The lowest BCUT2D eigenvalue weighted by molar-refractivity contribution is -0.137. The summed E-state index contributed by atoms with van der Waals surface area (Å²) in [4.78, 5) is 8.25. The van der Waals surface area contributed by atoms with Crippen LogP contribution in [0.15, 0.2) is 47.7 Å². The molecule has 120 valence electrons. The highest BCUT2D eigenvalue weighted by atomic mass is 19.4. The Morgan fingerprint density at radius 3 is 2.22 bits per heavy atom. The van der Waals surface area contributed by atoms with Gasteiger partial charge in [0.2, 0.25) is 5.90 Å². The van der Waals surface area contributed by atoms with E-state index in [1.54, 1.807) is 30.6 Å². The molecule has 6 heteroatoms. The minimum absolute atomic E-state index is 0.247. The molecule has 0 saturated heterocycles. The number of ether oxygens (including phenoxy) is 1. The molecule has 1 aromatic heterocycles. The van der Waals surface area contributed by atoms with Crippen LogP contribution in [0.5, 0.6) is 0 Å². The number of benzene rings is 1. The summed E-state index contributed by atoms with van der Waals surface area (Å²) >= 11 is 0. The average Bonchev–Trinajstić information content (AvgIpc) is 2.87. The Hall–Kier alpha value is -2.37. The van der Waals surface area contributed by atoms with Crippen molar-refractivity contribution in [2.75, 3.05) is 6.61 Å². The summed E-state index contributed by atoms with van der Waals surface area (Å²) in [5.41, 5.74) is 0.286. The van der Waals surface area contributed by atoms with Crippen LogP contribution in [0.4, 0.5) is 13.2 Å². The van der Waals surface area contributed by atoms with E-state index in [1.165, 1.54) is 0 Å². The Morgan fingerprint density at radius 2 is 1.65 bits per heavy atom. The van der Waals surface area contributed by atoms with Crippen molar-refractivity contribution in [3.8, 4) is 11.1 Å². The molecule has 2 aromatic rings. The molecule has 0 bridgehead atoms. The summed E-state index contributed by atoms with van der Waals surface area (Å²) in [6.45, 7) is 4.10. The Balaban J connectivity index is 2.14. The predicted molar refractivity (Wildman–Crippen MR) is 81.2 cm³/mol. The van der Waals surface area contributed by atoms with Crippen LogP contribution in [-0.4, -0.2) is 23.0 Å². The third-order valence-corrected chi connectivity index (χ3v) is 3.49. The molecular weight excluding hydrogens is 305 g/mol. The Bertz CT molecular complexity index is 752. The smallest absolute Gasteiger partial charge is 0.416 e. The topological polar surface area (TPSA) is 34.5 Å². The van der Waals surface area contributed by atoms with E-state index in [2.05, 4.69) is 9.98 Å². The first-order chi connectivity index (χ1) is 10.7. The van der Waals surface area contributed by atoms with Gasteiger partial charge in [-0.2, -0.15) is 13.2 Å². The quantitative estimate of drug-likeness (QED) is 0.826. The number of pyridine rings is 1. The number of hydrogen-bond acceptors (Lipinski definition) is 3. The van der Waals surface area contributed by atoms with E-state index < -0.39 is 17.3 Å². The average molecular weight is 320 g/mol. The number of alkyl halides is 3. The second-order valence-electron chi connectivity index (χ2n) is 6.05. The van der Waals surface area contributed by atoms with Crippen LogP contribution in [0, 0.1) is 0 Å². The SMILES string of the molecule is CC1(C)COC(c2cc(-c3ccncc3)cc(C(F)(F)F)c2)=N1. The van der Waals surface area contributed by atoms with Gasteiger partial charge in [0.1, 0.15) is 6.61 Å². The normalized spacial score (nSPS) is 16.8. The number of nitrogens with zero attached hydrogens (tertiary/aromatic N) is 2. The molecule has 0 radical (unpaired) electrons. The van der Waals surface area contributed by atoms with Gasteiger partial charge in [-0.05, 0) is 55.3 Å². The highest BCUT2D eigenvalue weighted by molar-refractivity contribution is 5.97. The summed E-state index contributed by atoms with van der Waals surface area (Å²) < 4.78 is 45.1. The molecule has 0 aliphatic carbocycles. The van der Waals surface area contributed by atoms with Gasteiger partial charge in [-0.1, -0.05) is 0 Å². The molecule has 1 aliphatic heterocycles. The van der Waals surface area contributed by atoms with E-state index in [4.69, 9.17) is 4.74 Å². The summed E-state index contributed by atoms with van der Waals surface area (Å²) in [7, 11) is 0. The molecule has 0 N–H and O–H groups in total. The molecular formula is C17H15F3N2O. The molecule has 0 fully saturated rings. The number of rotatable bonds is 2. The zero-order chi connectivity index (χ0) is 16.7. The van der Waals surface area contributed by atoms with Crippen molar-refractivity contribution >= 4 is 5.90 Å². The van der Waals surface area contributed by atoms with Crippen molar-refractivity contribution in [1.29, 1.82) is 0 Å². The molecule has 0 saturated carbocycles. The lowest BCUT2D eigenvalue weighted by atomic mass is 10.00. The van der Waals surface area contributed by atoms with E-state index in [0.717, 1.165) is 12.1 Å². The monoisotopic (exact) mass is 320 g/mol. The van der Waals surface area contributed by atoms with Crippen molar-refractivity contribution in [3.63, 3.8) is 0 Å². The maximum atomic E-state index is 13.2. The van der Waals surface area contributed by atoms with Crippen LogP contribution in [-0.2, 0) is 10.9 Å². The van der Waals surface area contributed by atoms with Crippen molar-refractivity contribution in [3.05, 3.63) is 53.9 Å². The predicted octanol–water partition coefficient (Wildman–Crippen LogP) is 4.32. The molecule has 0 amide bonds. The lowest BCUT2D eigenvalue weighted by Gasteiger charge is -2.12. The maximum absolute atomic E-state index is 13.2. The van der Waals surface area contributed by atoms with Crippen molar-refractivity contribution in [1.82, 2.24) is 4.98 Å². The number of aliphatic imine (C=N–C) groups is 1. The second kappa shape index (κ2) is 5.37. The summed E-state index contributed by atoms with van der Waals surface area (Å²) in [6, 6.07) is 7.19. The van der Waals surface area contributed by atoms with Gasteiger partial charge in [-0.25, -0.2) is 4.99 Å². The van der Waals surface area contributed by atoms with Gasteiger partial charge in [0.25, 0.3) is 0 Å². The van der Waals surface area contributed by atoms with Crippen LogP contribution >= 0.6 is 0 Å². The second-order valence-corrected chi connectivity index (χ2v) is 6.05. The molecule has 23 heavy (non-hydrogen) atoms. The fraction of sp³-hybridized carbons (Fsp3) is 0.294. The van der Waals surface area contributed by atoms with Gasteiger partial charge >= 0.3 is 6.18 Å². The zero-order valence-corrected chi connectivity index (χ0v) is 12.7. The summed E-state index contributed by atoms with van der Waals surface area (Å²) in [5.74, 6) is 0.247. The van der Waals surface area contributed by atoms with Gasteiger partial charge in [0.15, 0.2) is 0 Å². The first-order valence-corrected chi connectivity index (χ1v) is 7.10. The van der Waals surface area contributed by atoms with Gasteiger partial charge in [-0.15, -0.1) is 0 Å². The van der Waals surface area contributed by atoms with Gasteiger partial charge in [0, 0.05) is 18.0 Å². The fourth-order valence-corrected chi connectivity index (χ4v) is 2.36. The fourth-order valence-electron chi connectivity index (χ4n) is 2.36. The summed E-state index contributed by atoms with van der Waals surface area (Å²) in [6.07, 6.45) is -1.35. The van der Waals surface area contributed by atoms with Gasteiger partial charge < -0.3 is 4.74 Å². The van der Waals surface area contributed by atoms with Crippen LogP contribution in [0.25, 0.3) is 11.1 Å². The highest BCUT2D eigenvalue weighted by Gasteiger charge is 2.33. The number of hydrogen-bond donors (Lipinski definition) is 0. The van der Waals surface area contributed by atoms with Gasteiger partial charge in [0.05, 0.1) is 11.1 Å². The Kier molecular flexibility index (Phi) is 3.62. The molecule has 0 atom stereocenters. The molecule has 0 spiro atoms. The lowest BCUT2D eigenvalue weighted by Crippen LogP contribution is -2.17. The van der Waals surface area contributed by atoms with Gasteiger partial charge in [-0.3, -0.25) is 4.98 Å². The first kappa shape index (κ1) is 15.5. The molecule has 2 heterocycles. The maximum Gasteiger partial charge on any atom is 0.416 e. The van der Waals surface area contributed by atoms with E-state index in [1.807, 2.05) is 13.8 Å². The molecule has 1 aliphatic rings. The molecule has 0 unspecified atom stereocenters. The Morgan fingerprint density at radius 1 is 1.00 bits per heavy atom. The molecule has 1 aromatic carbocycles. The molecule has 3 rings (SSSR count). The van der Waals surface area contributed by atoms with Crippen LogP contribution in [0.3, 0.4) is 0 Å². The third kappa shape index (κ3) is 3.36. The van der Waals surface area contributed by atoms with E-state index in [-0.39, 0.29) is 5.90 Å². The van der Waals surface area contributed by atoms with Crippen molar-refractivity contribution in [2.45, 2.75) is 25.6 Å². The van der Waals surface area contributed by atoms with Crippen molar-refractivity contribution < 1.29 is 17.9 Å². The Labute approximate surface area is 131 Å².